The molecule has 0 saturated heterocycles. The summed E-state index contributed by atoms with van der Waals surface area (Å²) in [6.07, 6.45) is 0. The van der Waals surface area contributed by atoms with E-state index in [0.717, 1.165) is 6.07 Å². The molecule has 0 fully saturated rings. The molecule has 0 bridgehead atoms. The molecule has 5 nitrogen and oxygen atoms in total. The van der Waals surface area contributed by atoms with E-state index in [-0.39, 0.29) is 17.5 Å². The van der Waals surface area contributed by atoms with Gasteiger partial charge in [-0.25, -0.2) is 8.78 Å². The highest BCUT2D eigenvalue weighted by Gasteiger charge is 2.18. The Hall–Kier alpha value is -2.64. The summed E-state index contributed by atoms with van der Waals surface area (Å²) in [5.74, 6) is -5.05. The monoisotopic (exact) mass is 298 g/mol. The molecule has 0 radical (unpaired) electrons. The zero-order valence-electron chi connectivity index (χ0n) is 11.0. The van der Waals surface area contributed by atoms with Crippen LogP contribution in [-0.4, -0.2) is 9.91 Å². The van der Waals surface area contributed by atoms with Crippen molar-refractivity contribution in [2.45, 2.75) is 13.8 Å². The van der Waals surface area contributed by atoms with E-state index >= 15 is 0 Å². The first-order chi connectivity index (χ1) is 9.79. The van der Waals surface area contributed by atoms with Crippen LogP contribution in [0.1, 0.15) is 11.1 Å². The number of halogens is 3. The Morgan fingerprint density at radius 2 is 1.76 bits per heavy atom. The van der Waals surface area contributed by atoms with Gasteiger partial charge < -0.3 is 4.74 Å². The molecule has 0 aliphatic rings. The number of aryl methyl sites for hydroxylation is 2. The van der Waals surface area contributed by atoms with Crippen molar-refractivity contribution in [1.82, 2.24) is 4.98 Å². The Morgan fingerprint density at radius 1 is 1.10 bits per heavy atom. The molecule has 8 heteroatoms. The maximum atomic E-state index is 13.5. The minimum absolute atomic E-state index is 0.0651. The van der Waals surface area contributed by atoms with E-state index in [1.165, 1.54) is 13.0 Å². The van der Waals surface area contributed by atoms with Gasteiger partial charge in [0.15, 0.2) is 11.6 Å². The van der Waals surface area contributed by atoms with Crippen molar-refractivity contribution < 1.29 is 22.8 Å². The molecule has 0 aliphatic heterocycles. The van der Waals surface area contributed by atoms with Crippen LogP contribution in [0.5, 0.6) is 11.6 Å². The molecule has 1 aromatic carbocycles. The maximum Gasteiger partial charge on any atom is 0.276 e. The van der Waals surface area contributed by atoms with Crippen LogP contribution in [0.15, 0.2) is 18.2 Å². The molecule has 0 atom stereocenters. The molecule has 2 rings (SSSR count). The van der Waals surface area contributed by atoms with Crippen molar-refractivity contribution in [3.8, 4) is 11.6 Å². The first-order valence-corrected chi connectivity index (χ1v) is 5.74. The summed E-state index contributed by atoms with van der Waals surface area (Å²) in [5, 5.41) is 10.9. The number of ether oxygens (including phenoxy) is 1. The van der Waals surface area contributed by atoms with Gasteiger partial charge in [0.05, 0.1) is 11.0 Å². The van der Waals surface area contributed by atoms with E-state index in [1.54, 1.807) is 6.92 Å². The zero-order chi connectivity index (χ0) is 15.7. The predicted octanol–water partition coefficient (Wildman–Crippen LogP) is 3.82. The van der Waals surface area contributed by atoms with Gasteiger partial charge >= 0.3 is 0 Å². The Balaban J connectivity index is 2.47. The largest absolute Gasteiger partial charge is 0.436 e. The lowest BCUT2D eigenvalue weighted by Crippen LogP contribution is -2.00. The van der Waals surface area contributed by atoms with Crippen LogP contribution >= 0.6 is 0 Å². The topological polar surface area (TPSA) is 65.3 Å². The summed E-state index contributed by atoms with van der Waals surface area (Å²) in [7, 11) is 0. The van der Waals surface area contributed by atoms with Gasteiger partial charge in [-0.3, -0.25) is 10.1 Å². The van der Waals surface area contributed by atoms with Gasteiger partial charge in [0.2, 0.25) is 0 Å². The average Bonchev–Trinajstić information content (AvgIpc) is 2.38. The quantitative estimate of drug-likeness (QED) is 0.491. The van der Waals surface area contributed by atoms with Crippen LogP contribution in [0.25, 0.3) is 0 Å². The van der Waals surface area contributed by atoms with Crippen LogP contribution in [0.3, 0.4) is 0 Å². The third kappa shape index (κ3) is 2.93. The van der Waals surface area contributed by atoms with Crippen molar-refractivity contribution in [2.24, 2.45) is 0 Å². The molecule has 110 valence electrons. The van der Waals surface area contributed by atoms with Gasteiger partial charge in [0.1, 0.15) is 5.75 Å². The lowest BCUT2D eigenvalue weighted by Gasteiger charge is -2.10. The number of nitro benzene ring substituents is 1. The summed E-state index contributed by atoms with van der Waals surface area (Å²) in [6.45, 7) is 3.11. The van der Waals surface area contributed by atoms with Crippen LogP contribution in [0.4, 0.5) is 18.9 Å². The normalized spacial score (nSPS) is 10.5. The zero-order valence-corrected chi connectivity index (χ0v) is 11.0. The molecule has 0 aliphatic carbocycles. The predicted molar refractivity (Wildman–Crippen MR) is 66.8 cm³/mol. The van der Waals surface area contributed by atoms with E-state index in [1.807, 2.05) is 0 Å². The molecular weight excluding hydrogens is 289 g/mol. The van der Waals surface area contributed by atoms with Gasteiger partial charge in [-0.2, -0.15) is 9.37 Å². The van der Waals surface area contributed by atoms with E-state index < -0.39 is 28.4 Å². The fraction of sp³-hybridized carbons (Fsp3) is 0.154. The van der Waals surface area contributed by atoms with Gasteiger partial charge in [-0.15, -0.1) is 0 Å². The number of rotatable bonds is 3. The highest BCUT2D eigenvalue weighted by molar-refractivity contribution is 5.50. The van der Waals surface area contributed by atoms with Gasteiger partial charge in [-0.1, -0.05) is 0 Å². The highest BCUT2D eigenvalue weighted by atomic mass is 19.2. The number of benzene rings is 1. The minimum atomic E-state index is -1.52. The van der Waals surface area contributed by atoms with E-state index in [9.17, 15) is 23.3 Å². The third-order valence-corrected chi connectivity index (χ3v) is 2.75. The maximum absolute atomic E-state index is 13.5. The fourth-order valence-corrected chi connectivity index (χ4v) is 1.73. The van der Waals surface area contributed by atoms with Crippen molar-refractivity contribution in [3.05, 3.63) is 57.0 Å². The first kappa shape index (κ1) is 14.8. The van der Waals surface area contributed by atoms with Gasteiger partial charge in [-0.05, 0) is 25.5 Å². The summed E-state index contributed by atoms with van der Waals surface area (Å²) in [5.41, 5.74) is 0.617. The molecular formula is C13H9F3N2O3. The average molecular weight is 298 g/mol. The summed E-state index contributed by atoms with van der Waals surface area (Å²) < 4.78 is 44.3. The summed E-state index contributed by atoms with van der Waals surface area (Å²) in [6, 6.07) is 2.83. The van der Waals surface area contributed by atoms with E-state index in [0.29, 0.717) is 11.1 Å². The van der Waals surface area contributed by atoms with Crippen molar-refractivity contribution in [3.63, 3.8) is 0 Å². The smallest absolute Gasteiger partial charge is 0.276 e. The van der Waals surface area contributed by atoms with Crippen LogP contribution in [0.2, 0.25) is 0 Å². The number of nitro groups is 1. The van der Waals surface area contributed by atoms with Crippen molar-refractivity contribution in [2.75, 3.05) is 0 Å². The van der Waals surface area contributed by atoms with E-state index in [2.05, 4.69) is 4.98 Å². The van der Waals surface area contributed by atoms with Gasteiger partial charge in [0, 0.05) is 11.6 Å². The summed E-state index contributed by atoms with van der Waals surface area (Å²) >= 11 is 0. The molecule has 0 amide bonds. The molecule has 1 aromatic heterocycles. The fourth-order valence-electron chi connectivity index (χ4n) is 1.73. The minimum Gasteiger partial charge on any atom is -0.436 e. The highest BCUT2D eigenvalue weighted by Crippen LogP contribution is 2.32. The summed E-state index contributed by atoms with van der Waals surface area (Å²) in [4.78, 5) is 13.2. The standard InChI is InChI=1S/C13H9F3N2O3/c1-6-3-7(2)11(5-10(6)18(19)20)21-13-9(15)4-8(14)12(16)17-13/h3-5H,1-2H3. The Kier molecular flexibility index (Phi) is 3.79. The SMILES string of the molecule is Cc1cc(C)c([N+](=O)[O-])cc1Oc1nc(F)c(F)cc1F. The van der Waals surface area contributed by atoms with Crippen LogP contribution in [0, 0.1) is 41.5 Å². The molecule has 1 heterocycles. The molecule has 0 saturated carbocycles. The third-order valence-electron chi connectivity index (χ3n) is 2.75. The Morgan fingerprint density at radius 3 is 2.38 bits per heavy atom. The number of hydrogen-bond donors (Lipinski definition) is 0. The van der Waals surface area contributed by atoms with Crippen molar-refractivity contribution >= 4 is 5.69 Å². The lowest BCUT2D eigenvalue weighted by molar-refractivity contribution is -0.385. The van der Waals surface area contributed by atoms with Gasteiger partial charge in [0.25, 0.3) is 17.5 Å². The van der Waals surface area contributed by atoms with Crippen molar-refractivity contribution in [1.29, 1.82) is 0 Å². The van der Waals surface area contributed by atoms with Crippen LogP contribution in [-0.2, 0) is 0 Å². The second kappa shape index (κ2) is 5.39. The Labute approximate surface area is 117 Å². The number of aromatic nitrogens is 1. The molecule has 0 N–H and O–H groups in total. The second-order valence-corrected chi connectivity index (χ2v) is 4.31. The molecule has 21 heavy (non-hydrogen) atoms. The second-order valence-electron chi connectivity index (χ2n) is 4.31. The molecule has 2 aromatic rings. The number of nitrogens with zero attached hydrogens (tertiary/aromatic N) is 2. The first-order valence-electron chi connectivity index (χ1n) is 5.74. The molecule has 0 unspecified atom stereocenters. The number of hydrogen-bond acceptors (Lipinski definition) is 4. The number of pyridine rings is 1. The molecule has 0 spiro atoms. The van der Waals surface area contributed by atoms with Crippen LogP contribution < -0.4 is 4.74 Å². The lowest BCUT2D eigenvalue weighted by atomic mass is 10.1. The Bertz CT molecular complexity index is 735. The van der Waals surface area contributed by atoms with E-state index in [4.69, 9.17) is 4.74 Å².